The smallest absolute Gasteiger partial charge is 0.306 e. The molecule has 9 unspecified atom stereocenters. The Morgan fingerprint density at radius 1 is 0.740 bits per heavy atom. The van der Waals surface area contributed by atoms with Crippen molar-refractivity contribution in [3.63, 3.8) is 0 Å². The molecule has 0 aromatic rings. The van der Waals surface area contributed by atoms with Gasteiger partial charge in [-0.05, 0) is 64.7 Å². The molecule has 0 aromatic carbocycles. The van der Waals surface area contributed by atoms with Crippen molar-refractivity contribution in [2.45, 2.75) is 225 Å². The summed E-state index contributed by atoms with van der Waals surface area (Å²) in [7, 11) is 0. The Balaban J connectivity index is 1.57. The van der Waals surface area contributed by atoms with E-state index in [9.17, 15) is 19.5 Å². The van der Waals surface area contributed by atoms with Gasteiger partial charge in [-0.2, -0.15) is 0 Å². The molecule has 2 bridgehead atoms. The van der Waals surface area contributed by atoms with Crippen LogP contribution in [-0.4, -0.2) is 58.1 Å². The van der Waals surface area contributed by atoms with E-state index in [1.165, 1.54) is 90.9 Å². The van der Waals surface area contributed by atoms with Gasteiger partial charge >= 0.3 is 17.9 Å². The Bertz CT molecular complexity index is 1060. The molecule has 9 atom stereocenters. The summed E-state index contributed by atoms with van der Waals surface area (Å²) in [6.45, 7) is 15.2. The predicted octanol–water partition coefficient (Wildman–Crippen LogP) is 9.80. The zero-order chi connectivity index (χ0) is 37.0. The lowest BCUT2D eigenvalue weighted by atomic mass is 9.57. The molecule has 0 spiro atoms. The number of fused-ring (bicyclic) bond motifs is 5. The number of carbonyl (C=O) groups excluding carboxylic acids is 3. The number of ether oxygens (including phenoxy) is 4. The third kappa shape index (κ3) is 12.2. The summed E-state index contributed by atoms with van der Waals surface area (Å²) in [5, 5.41) is 12.0. The van der Waals surface area contributed by atoms with Gasteiger partial charge < -0.3 is 24.1 Å². The second kappa shape index (κ2) is 20.0. The van der Waals surface area contributed by atoms with Gasteiger partial charge in [0.05, 0.1) is 6.10 Å². The fourth-order valence-corrected chi connectivity index (χ4v) is 9.75. The van der Waals surface area contributed by atoms with Gasteiger partial charge in [0.2, 0.25) is 0 Å². The lowest BCUT2D eigenvalue weighted by molar-refractivity contribution is -0.185. The Hall–Kier alpha value is -1.67. The molecule has 3 rings (SSSR count). The number of hydrogen-bond donors (Lipinski definition) is 1. The molecule has 0 amide bonds. The van der Waals surface area contributed by atoms with Crippen LogP contribution in [0.25, 0.3) is 0 Å². The molecule has 8 heteroatoms. The van der Waals surface area contributed by atoms with E-state index in [0.717, 1.165) is 25.7 Å². The molecular weight excluding hydrogens is 632 g/mol. The molecule has 2 saturated heterocycles. The third-order valence-corrected chi connectivity index (χ3v) is 12.3. The van der Waals surface area contributed by atoms with Gasteiger partial charge in [0, 0.05) is 38.5 Å². The Kier molecular flexibility index (Phi) is 17.1. The van der Waals surface area contributed by atoms with Gasteiger partial charge in [0.1, 0.15) is 29.0 Å². The molecule has 0 radical (unpaired) electrons. The van der Waals surface area contributed by atoms with Crippen LogP contribution >= 0.6 is 0 Å². The minimum absolute atomic E-state index is 0.0394. The summed E-state index contributed by atoms with van der Waals surface area (Å²) in [5.74, 6) is -0.693. The average Bonchev–Trinajstić information content (AvgIpc) is 3.41. The van der Waals surface area contributed by atoms with Crippen LogP contribution in [0.15, 0.2) is 0 Å². The first-order valence-corrected chi connectivity index (χ1v) is 20.6. The summed E-state index contributed by atoms with van der Waals surface area (Å²) < 4.78 is 25.1. The number of aliphatic hydroxyl groups is 1. The van der Waals surface area contributed by atoms with Crippen molar-refractivity contribution in [3.05, 3.63) is 0 Å². The molecule has 3 aliphatic rings. The van der Waals surface area contributed by atoms with Crippen molar-refractivity contribution in [1.82, 2.24) is 0 Å². The van der Waals surface area contributed by atoms with E-state index in [1.54, 1.807) is 6.92 Å². The van der Waals surface area contributed by atoms with Gasteiger partial charge in [-0.25, -0.2) is 0 Å². The number of carbonyl (C=O) groups is 3. The van der Waals surface area contributed by atoms with Crippen molar-refractivity contribution in [3.8, 4) is 0 Å². The van der Waals surface area contributed by atoms with Crippen LogP contribution in [0.4, 0.5) is 0 Å². The number of rotatable bonds is 20. The standard InChI is InChI=1S/C42H74O8/c1-9-10-11-12-13-14-15-16-17-18-19-20-21-22-23-24-36(45)48-35-26-28-42(8,50-32(5)44)39-37-33(30(2)3)25-27-41(7,49-31(4)43)38(37)34(47-39)29-40(35,6)46/h30,33-35,37-39,46H,9-29H2,1-8H3. The third-order valence-electron chi connectivity index (χ3n) is 12.3. The van der Waals surface area contributed by atoms with Gasteiger partial charge in [-0.3, -0.25) is 14.4 Å². The van der Waals surface area contributed by atoms with Crippen LogP contribution in [-0.2, 0) is 33.3 Å². The molecular formula is C42H74O8. The van der Waals surface area contributed by atoms with Gasteiger partial charge in [-0.1, -0.05) is 111 Å². The highest BCUT2D eigenvalue weighted by Gasteiger charge is 2.65. The highest BCUT2D eigenvalue weighted by molar-refractivity contribution is 5.69. The largest absolute Gasteiger partial charge is 0.459 e. The second-order valence-corrected chi connectivity index (χ2v) is 17.2. The SMILES string of the molecule is CCCCCCCCCCCCCCCCCC(=O)OC1CCC(C)(OC(C)=O)C2OC(CC1(C)O)C1C2C(C(C)C)CCC1(C)OC(C)=O. The summed E-state index contributed by atoms with van der Waals surface area (Å²) in [4.78, 5) is 38.1. The highest BCUT2D eigenvalue weighted by Crippen LogP contribution is 2.58. The van der Waals surface area contributed by atoms with E-state index in [4.69, 9.17) is 18.9 Å². The first-order chi connectivity index (χ1) is 23.6. The first-order valence-electron chi connectivity index (χ1n) is 20.6. The van der Waals surface area contributed by atoms with Crippen molar-refractivity contribution >= 4 is 17.9 Å². The van der Waals surface area contributed by atoms with Crippen LogP contribution < -0.4 is 0 Å². The molecule has 2 aliphatic heterocycles. The zero-order valence-corrected chi connectivity index (χ0v) is 33.2. The number of esters is 3. The van der Waals surface area contributed by atoms with E-state index in [1.807, 2.05) is 13.8 Å². The van der Waals surface area contributed by atoms with Crippen LogP contribution in [0.3, 0.4) is 0 Å². The Labute approximate surface area is 304 Å². The van der Waals surface area contributed by atoms with Crippen molar-refractivity contribution in [2.24, 2.45) is 23.7 Å². The minimum Gasteiger partial charge on any atom is -0.459 e. The normalized spacial score (nSPS) is 34.0. The monoisotopic (exact) mass is 707 g/mol. The summed E-state index contributed by atoms with van der Waals surface area (Å²) in [6, 6.07) is 0. The summed E-state index contributed by atoms with van der Waals surface area (Å²) >= 11 is 0. The highest BCUT2D eigenvalue weighted by atomic mass is 16.6. The maximum Gasteiger partial charge on any atom is 0.306 e. The van der Waals surface area contributed by atoms with Crippen molar-refractivity contribution in [2.75, 3.05) is 0 Å². The quantitative estimate of drug-likeness (QED) is 0.0757. The molecule has 1 N–H and O–H groups in total. The molecule has 3 fully saturated rings. The van der Waals surface area contributed by atoms with Gasteiger partial charge in [0.25, 0.3) is 0 Å². The minimum atomic E-state index is -1.39. The van der Waals surface area contributed by atoms with Crippen LogP contribution in [0.2, 0.25) is 0 Å². The van der Waals surface area contributed by atoms with E-state index in [0.29, 0.717) is 31.6 Å². The Morgan fingerprint density at radius 3 is 1.72 bits per heavy atom. The lowest BCUT2D eigenvalue weighted by Gasteiger charge is -2.51. The summed E-state index contributed by atoms with van der Waals surface area (Å²) in [5.41, 5.74) is -3.20. The zero-order valence-electron chi connectivity index (χ0n) is 33.2. The molecule has 1 saturated carbocycles. The van der Waals surface area contributed by atoms with E-state index in [-0.39, 0.29) is 36.1 Å². The molecule has 290 valence electrons. The molecule has 50 heavy (non-hydrogen) atoms. The van der Waals surface area contributed by atoms with E-state index in [2.05, 4.69) is 20.8 Å². The fourth-order valence-electron chi connectivity index (χ4n) is 9.75. The maximum absolute atomic E-state index is 13.2. The molecule has 8 nitrogen and oxygen atoms in total. The average molecular weight is 707 g/mol. The van der Waals surface area contributed by atoms with Gasteiger partial charge in [-0.15, -0.1) is 0 Å². The van der Waals surface area contributed by atoms with E-state index < -0.39 is 41.1 Å². The lowest BCUT2D eigenvalue weighted by Crippen LogP contribution is -2.58. The molecule has 1 aliphatic carbocycles. The van der Waals surface area contributed by atoms with Crippen LogP contribution in [0.1, 0.15) is 190 Å². The first kappa shape index (κ1) is 42.7. The number of hydrogen-bond acceptors (Lipinski definition) is 8. The van der Waals surface area contributed by atoms with Crippen molar-refractivity contribution < 1.29 is 38.4 Å². The van der Waals surface area contributed by atoms with Crippen molar-refractivity contribution in [1.29, 1.82) is 0 Å². The topological polar surface area (TPSA) is 108 Å². The Morgan fingerprint density at radius 2 is 1.22 bits per heavy atom. The van der Waals surface area contributed by atoms with Crippen LogP contribution in [0, 0.1) is 23.7 Å². The maximum atomic E-state index is 13.2. The second-order valence-electron chi connectivity index (χ2n) is 17.2. The van der Waals surface area contributed by atoms with Gasteiger partial charge in [0.15, 0.2) is 0 Å². The fraction of sp³-hybridized carbons (Fsp3) is 0.929. The summed E-state index contributed by atoms with van der Waals surface area (Å²) in [6.07, 6.45) is 20.0. The van der Waals surface area contributed by atoms with E-state index >= 15 is 0 Å². The number of unbranched alkanes of at least 4 members (excludes halogenated alkanes) is 14. The molecule has 0 aromatic heterocycles. The predicted molar refractivity (Wildman–Crippen MR) is 197 cm³/mol. The molecule has 2 heterocycles. The van der Waals surface area contributed by atoms with Crippen LogP contribution in [0.5, 0.6) is 0 Å².